The summed E-state index contributed by atoms with van der Waals surface area (Å²) in [4.78, 5) is 9.92. The van der Waals surface area contributed by atoms with E-state index in [1.807, 2.05) is 0 Å². The molecule has 1 aliphatic heterocycles. The van der Waals surface area contributed by atoms with E-state index in [9.17, 15) is 4.39 Å². The summed E-state index contributed by atoms with van der Waals surface area (Å²) < 4.78 is 19.4. The summed E-state index contributed by atoms with van der Waals surface area (Å²) in [6, 6.07) is 0. The summed E-state index contributed by atoms with van der Waals surface area (Å²) in [6.45, 7) is 4.13. The van der Waals surface area contributed by atoms with E-state index in [1.54, 1.807) is 0 Å². The molecule has 3 N–H and O–H groups in total. The molecule has 0 atom stereocenters. The third-order valence-corrected chi connectivity index (χ3v) is 4.70. The van der Waals surface area contributed by atoms with Crippen molar-refractivity contribution in [2.24, 2.45) is 11.3 Å². The van der Waals surface area contributed by atoms with Crippen LogP contribution in [0, 0.1) is 17.2 Å². The van der Waals surface area contributed by atoms with Crippen molar-refractivity contribution < 1.29 is 14.2 Å². The minimum atomic E-state index is -0.380. The van der Waals surface area contributed by atoms with Gasteiger partial charge in [0.25, 0.3) is 0 Å². The highest BCUT2D eigenvalue weighted by atomic mass is 19.1. The van der Waals surface area contributed by atoms with Gasteiger partial charge in [0.15, 0.2) is 5.82 Å². The number of halogens is 1. The SMILES string of the molecule is Nc1ncc(F)c(CC2CC3(COCCN(CCO)C3)C2)n1. The van der Waals surface area contributed by atoms with Crippen molar-refractivity contribution in [3.05, 3.63) is 17.7 Å². The van der Waals surface area contributed by atoms with Gasteiger partial charge in [0, 0.05) is 25.0 Å². The lowest BCUT2D eigenvalue weighted by Crippen LogP contribution is -2.48. The molecular weight excluding hydrogens is 287 g/mol. The first kappa shape index (κ1) is 15.6. The van der Waals surface area contributed by atoms with Gasteiger partial charge in [-0.25, -0.2) is 14.4 Å². The molecule has 1 saturated carbocycles. The number of nitrogens with zero attached hydrogens (tertiary/aromatic N) is 3. The second kappa shape index (κ2) is 6.44. The molecule has 1 aliphatic carbocycles. The molecule has 0 amide bonds. The topological polar surface area (TPSA) is 84.5 Å². The summed E-state index contributed by atoms with van der Waals surface area (Å²) >= 11 is 0. The Morgan fingerprint density at radius 1 is 1.50 bits per heavy atom. The zero-order valence-electron chi connectivity index (χ0n) is 12.7. The van der Waals surface area contributed by atoms with Crippen LogP contribution in [0.3, 0.4) is 0 Å². The first-order chi connectivity index (χ1) is 10.6. The normalized spacial score (nSPS) is 29.3. The molecule has 6 nitrogen and oxygen atoms in total. The minimum absolute atomic E-state index is 0.123. The number of hydrogen-bond donors (Lipinski definition) is 2. The molecule has 0 unspecified atom stereocenters. The molecule has 2 fully saturated rings. The molecule has 1 spiro atoms. The van der Waals surface area contributed by atoms with E-state index in [-0.39, 0.29) is 23.8 Å². The van der Waals surface area contributed by atoms with Crippen molar-refractivity contribution >= 4 is 5.95 Å². The van der Waals surface area contributed by atoms with Crippen molar-refractivity contribution in [3.63, 3.8) is 0 Å². The first-order valence-electron chi connectivity index (χ1n) is 7.78. The van der Waals surface area contributed by atoms with Gasteiger partial charge in [-0.3, -0.25) is 4.90 Å². The molecule has 1 aromatic rings. The van der Waals surface area contributed by atoms with Crippen molar-refractivity contribution in [2.45, 2.75) is 19.3 Å². The quantitative estimate of drug-likeness (QED) is 0.840. The molecule has 22 heavy (non-hydrogen) atoms. The van der Waals surface area contributed by atoms with Crippen molar-refractivity contribution in [1.29, 1.82) is 0 Å². The van der Waals surface area contributed by atoms with Crippen LogP contribution in [-0.2, 0) is 11.2 Å². The van der Waals surface area contributed by atoms with Crippen LogP contribution < -0.4 is 5.73 Å². The Labute approximate surface area is 129 Å². The number of ether oxygens (including phenoxy) is 1. The molecule has 3 rings (SSSR count). The number of rotatable bonds is 4. The Kier molecular flexibility index (Phi) is 4.56. The third-order valence-electron chi connectivity index (χ3n) is 4.70. The fraction of sp³-hybridized carbons (Fsp3) is 0.733. The van der Waals surface area contributed by atoms with Gasteiger partial charge in [-0.2, -0.15) is 0 Å². The van der Waals surface area contributed by atoms with Gasteiger partial charge >= 0.3 is 0 Å². The van der Waals surface area contributed by atoms with E-state index in [0.717, 1.165) is 38.7 Å². The van der Waals surface area contributed by atoms with E-state index < -0.39 is 0 Å². The van der Waals surface area contributed by atoms with Gasteiger partial charge < -0.3 is 15.6 Å². The summed E-state index contributed by atoms with van der Waals surface area (Å²) in [6.07, 6.45) is 3.74. The predicted octanol–water partition coefficient (Wildman–Crippen LogP) is 0.461. The van der Waals surface area contributed by atoms with Crippen molar-refractivity contribution in [2.75, 3.05) is 45.2 Å². The van der Waals surface area contributed by atoms with Gasteiger partial charge in [-0.1, -0.05) is 0 Å². The molecule has 0 bridgehead atoms. The number of aromatic nitrogens is 2. The van der Waals surface area contributed by atoms with Crippen LogP contribution in [0.5, 0.6) is 0 Å². The van der Waals surface area contributed by atoms with Gasteiger partial charge in [-0.05, 0) is 25.2 Å². The number of hydrogen-bond acceptors (Lipinski definition) is 6. The fourth-order valence-corrected chi connectivity index (χ4v) is 3.80. The van der Waals surface area contributed by atoms with Crippen LogP contribution in [-0.4, -0.2) is 59.4 Å². The van der Waals surface area contributed by atoms with Crippen molar-refractivity contribution in [3.8, 4) is 0 Å². The van der Waals surface area contributed by atoms with Crippen LogP contribution in [0.2, 0.25) is 0 Å². The van der Waals surface area contributed by atoms with E-state index >= 15 is 0 Å². The van der Waals surface area contributed by atoms with Crippen LogP contribution in [0.4, 0.5) is 10.3 Å². The Balaban J connectivity index is 1.59. The zero-order valence-corrected chi connectivity index (χ0v) is 12.7. The third kappa shape index (κ3) is 3.37. The number of β-amino-alcohol motifs (C(OH)–C–C–N with tert-alkyl or cyclic N) is 1. The first-order valence-corrected chi connectivity index (χ1v) is 7.78. The summed E-state index contributed by atoms with van der Waals surface area (Å²) in [5.41, 5.74) is 6.09. The summed E-state index contributed by atoms with van der Waals surface area (Å²) in [5, 5.41) is 9.12. The highest BCUT2D eigenvalue weighted by Crippen LogP contribution is 2.48. The lowest BCUT2D eigenvalue weighted by molar-refractivity contribution is -0.0307. The molecule has 7 heteroatoms. The molecule has 1 aromatic heterocycles. The standard InChI is InChI=1S/C15H23FN4O2/c16-12-8-18-14(17)19-13(12)5-11-6-15(7-11)9-20(1-3-21)2-4-22-10-15/h8,11,21H,1-7,9-10H2,(H2,17,18,19). The Morgan fingerprint density at radius 2 is 2.32 bits per heavy atom. The number of aliphatic hydroxyl groups excluding tert-OH is 1. The van der Waals surface area contributed by atoms with Crippen LogP contribution in [0.25, 0.3) is 0 Å². The van der Waals surface area contributed by atoms with Crippen molar-refractivity contribution in [1.82, 2.24) is 14.9 Å². The number of anilines is 1. The summed E-state index contributed by atoms with van der Waals surface area (Å²) in [5.74, 6) is 0.146. The molecule has 2 heterocycles. The Bertz CT molecular complexity index is 522. The van der Waals surface area contributed by atoms with Gasteiger partial charge in [0.2, 0.25) is 5.95 Å². The average molecular weight is 310 g/mol. The molecular formula is C15H23FN4O2. The molecule has 122 valence electrons. The highest BCUT2D eigenvalue weighted by molar-refractivity contribution is 5.19. The fourth-order valence-electron chi connectivity index (χ4n) is 3.80. The maximum absolute atomic E-state index is 13.7. The molecule has 2 aliphatic rings. The Morgan fingerprint density at radius 3 is 3.09 bits per heavy atom. The minimum Gasteiger partial charge on any atom is -0.395 e. The maximum atomic E-state index is 13.7. The molecule has 0 radical (unpaired) electrons. The lowest BCUT2D eigenvalue weighted by atomic mass is 9.61. The van der Waals surface area contributed by atoms with E-state index in [2.05, 4.69) is 14.9 Å². The average Bonchev–Trinajstić information content (AvgIpc) is 2.66. The highest BCUT2D eigenvalue weighted by Gasteiger charge is 2.46. The number of nitrogen functional groups attached to an aromatic ring is 1. The van der Waals surface area contributed by atoms with Crippen LogP contribution in [0.1, 0.15) is 18.5 Å². The Hall–Kier alpha value is -1.31. The second-order valence-corrected chi connectivity index (χ2v) is 6.55. The van der Waals surface area contributed by atoms with Crippen LogP contribution >= 0.6 is 0 Å². The number of aliphatic hydroxyl groups is 1. The van der Waals surface area contributed by atoms with Gasteiger partial charge in [-0.15, -0.1) is 0 Å². The van der Waals surface area contributed by atoms with Crippen LogP contribution in [0.15, 0.2) is 6.20 Å². The largest absolute Gasteiger partial charge is 0.395 e. The maximum Gasteiger partial charge on any atom is 0.220 e. The van der Waals surface area contributed by atoms with Gasteiger partial charge in [0.05, 0.1) is 31.7 Å². The van der Waals surface area contributed by atoms with Gasteiger partial charge in [0.1, 0.15) is 0 Å². The molecule has 1 saturated heterocycles. The smallest absolute Gasteiger partial charge is 0.220 e. The van der Waals surface area contributed by atoms with E-state index in [0.29, 0.717) is 31.2 Å². The zero-order chi connectivity index (χ0) is 15.6. The lowest BCUT2D eigenvalue weighted by Gasteiger charge is -2.48. The number of nitrogens with two attached hydrogens (primary N) is 1. The monoisotopic (exact) mass is 310 g/mol. The van der Waals surface area contributed by atoms with E-state index in [1.165, 1.54) is 0 Å². The second-order valence-electron chi connectivity index (χ2n) is 6.55. The molecule has 0 aromatic carbocycles. The van der Waals surface area contributed by atoms with E-state index in [4.69, 9.17) is 15.6 Å². The predicted molar refractivity (Wildman–Crippen MR) is 79.6 cm³/mol. The summed E-state index contributed by atoms with van der Waals surface area (Å²) in [7, 11) is 0.